The molecule has 8 nitrogen and oxygen atoms in total. The summed E-state index contributed by atoms with van der Waals surface area (Å²) >= 11 is 6.13. The molecule has 0 aliphatic carbocycles. The van der Waals surface area contributed by atoms with Crippen LogP contribution in [0.4, 0.5) is 5.82 Å². The van der Waals surface area contributed by atoms with Crippen LogP contribution in [0.5, 0.6) is 5.88 Å². The molecule has 4 heterocycles. The molecule has 0 spiro atoms. The molecular formula is C27H25ClN6O2. The first-order chi connectivity index (χ1) is 17.3. The van der Waals surface area contributed by atoms with Crippen LogP contribution in [0, 0.1) is 13.8 Å². The molecule has 5 rings (SSSR count). The van der Waals surface area contributed by atoms with E-state index in [9.17, 15) is 4.79 Å². The highest BCUT2D eigenvalue weighted by atomic mass is 35.5. The van der Waals surface area contributed by atoms with Crippen molar-refractivity contribution in [2.24, 2.45) is 0 Å². The van der Waals surface area contributed by atoms with Crippen LogP contribution in [0.3, 0.4) is 0 Å². The van der Waals surface area contributed by atoms with Gasteiger partial charge in [-0.3, -0.25) is 9.78 Å². The maximum absolute atomic E-state index is 13.3. The number of halogens is 1. The minimum Gasteiger partial charge on any atom is -0.481 e. The van der Waals surface area contributed by atoms with Crippen molar-refractivity contribution in [3.05, 3.63) is 88.0 Å². The molecule has 5 aromatic rings. The first-order valence-corrected chi connectivity index (χ1v) is 11.8. The van der Waals surface area contributed by atoms with Gasteiger partial charge in [0.05, 0.1) is 34.9 Å². The molecule has 0 aliphatic rings. The van der Waals surface area contributed by atoms with Gasteiger partial charge < -0.3 is 20.4 Å². The van der Waals surface area contributed by atoms with Gasteiger partial charge in [0.2, 0.25) is 5.88 Å². The second kappa shape index (κ2) is 9.47. The Balaban J connectivity index is 1.48. The van der Waals surface area contributed by atoms with E-state index < -0.39 is 0 Å². The molecule has 0 fully saturated rings. The molecule has 0 bridgehead atoms. The number of hydrogen-bond donors (Lipinski definition) is 2. The molecule has 1 amide bonds. The fourth-order valence-electron chi connectivity index (χ4n) is 4.46. The fraction of sp³-hybridized carbons (Fsp3) is 0.185. The second-order valence-electron chi connectivity index (χ2n) is 8.71. The molecule has 3 N–H and O–H groups in total. The Kier molecular flexibility index (Phi) is 6.20. The monoisotopic (exact) mass is 500 g/mol. The number of nitrogens with two attached hydrogens (primary N) is 1. The predicted octanol–water partition coefficient (Wildman–Crippen LogP) is 4.82. The lowest BCUT2D eigenvalue weighted by Crippen LogP contribution is -2.24. The quantitative estimate of drug-likeness (QED) is 0.346. The summed E-state index contributed by atoms with van der Waals surface area (Å²) in [5.74, 6) is 0.710. The Morgan fingerprint density at radius 1 is 1.14 bits per heavy atom. The molecule has 1 aromatic carbocycles. The number of methoxy groups -OCH3 is 1. The van der Waals surface area contributed by atoms with Gasteiger partial charge >= 0.3 is 0 Å². The summed E-state index contributed by atoms with van der Waals surface area (Å²) in [6.45, 7) is 4.73. The van der Waals surface area contributed by atoms with E-state index in [4.69, 9.17) is 22.1 Å². The number of carbonyl (C=O) groups excluding carboxylic acids is 1. The number of amides is 1. The first-order valence-electron chi connectivity index (χ1n) is 11.4. The minimum absolute atomic E-state index is 0.197. The van der Waals surface area contributed by atoms with Gasteiger partial charge in [-0.05, 0) is 54.8 Å². The normalized spacial score (nSPS) is 11.2. The van der Waals surface area contributed by atoms with E-state index >= 15 is 0 Å². The highest BCUT2D eigenvalue weighted by molar-refractivity contribution is 6.31. The molecule has 0 aliphatic heterocycles. The Morgan fingerprint density at radius 3 is 2.75 bits per heavy atom. The lowest BCUT2D eigenvalue weighted by molar-refractivity contribution is 0.0952. The molecule has 0 radical (unpaired) electrons. The van der Waals surface area contributed by atoms with Crippen molar-refractivity contribution in [3.63, 3.8) is 0 Å². The predicted molar refractivity (Wildman–Crippen MR) is 141 cm³/mol. The van der Waals surface area contributed by atoms with Crippen molar-refractivity contribution in [1.29, 1.82) is 0 Å². The SMILES string of the molecule is COc1cc2c(C(=O)NCc3c(C)cc(N)nc3C)cn(Cc3ccc4ncc(Cl)cc4c3)c2cn1. The summed E-state index contributed by atoms with van der Waals surface area (Å²) in [6.07, 6.45) is 5.21. The van der Waals surface area contributed by atoms with Crippen LogP contribution in [0.2, 0.25) is 5.02 Å². The number of carbonyl (C=O) groups is 1. The summed E-state index contributed by atoms with van der Waals surface area (Å²) in [5, 5.41) is 5.34. The first kappa shape index (κ1) is 23.6. The van der Waals surface area contributed by atoms with Gasteiger partial charge in [-0.15, -0.1) is 0 Å². The fourth-order valence-corrected chi connectivity index (χ4v) is 4.63. The van der Waals surface area contributed by atoms with E-state index in [2.05, 4.69) is 26.3 Å². The number of aryl methyl sites for hydroxylation is 2. The van der Waals surface area contributed by atoms with Crippen LogP contribution in [0.25, 0.3) is 21.8 Å². The molecule has 0 unspecified atom stereocenters. The van der Waals surface area contributed by atoms with Gasteiger partial charge in [-0.2, -0.15) is 0 Å². The molecule has 0 saturated carbocycles. The minimum atomic E-state index is -0.197. The highest BCUT2D eigenvalue weighted by Crippen LogP contribution is 2.26. The third-order valence-electron chi connectivity index (χ3n) is 6.26. The number of nitrogens with zero attached hydrogens (tertiary/aromatic N) is 4. The van der Waals surface area contributed by atoms with Gasteiger partial charge in [0.25, 0.3) is 5.91 Å². The number of rotatable bonds is 6. The largest absolute Gasteiger partial charge is 0.481 e. The summed E-state index contributed by atoms with van der Waals surface area (Å²) < 4.78 is 7.34. The van der Waals surface area contributed by atoms with Gasteiger partial charge in [0, 0.05) is 48.0 Å². The highest BCUT2D eigenvalue weighted by Gasteiger charge is 2.18. The van der Waals surface area contributed by atoms with Crippen LogP contribution in [0.1, 0.15) is 32.7 Å². The van der Waals surface area contributed by atoms with Crippen molar-refractivity contribution in [2.45, 2.75) is 26.9 Å². The molecule has 182 valence electrons. The maximum atomic E-state index is 13.3. The Labute approximate surface area is 213 Å². The van der Waals surface area contributed by atoms with Gasteiger partial charge in [-0.25, -0.2) is 9.97 Å². The number of nitrogens with one attached hydrogen (secondary N) is 1. The zero-order chi connectivity index (χ0) is 25.4. The summed E-state index contributed by atoms with van der Waals surface area (Å²) in [5.41, 5.74) is 11.9. The van der Waals surface area contributed by atoms with E-state index in [1.54, 1.807) is 25.6 Å². The van der Waals surface area contributed by atoms with Crippen LogP contribution in [-0.4, -0.2) is 32.5 Å². The van der Waals surface area contributed by atoms with Crippen LogP contribution >= 0.6 is 11.6 Å². The summed E-state index contributed by atoms with van der Waals surface area (Å²) in [7, 11) is 1.55. The van der Waals surface area contributed by atoms with E-state index in [-0.39, 0.29) is 5.91 Å². The number of benzene rings is 1. The standard InChI is InChI=1S/C27H25ClN6O2/c1-15-6-25(29)33-16(2)21(15)11-32-27(35)22-14-34(24-12-31-26(36-3)9-20(22)24)13-17-4-5-23-18(7-17)8-19(28)10-30-23/h4-10,12,14H,11,13H2,1-3H3,(H2,29,33)(H,32,35). The van der Waals surface area contributed by atoms with Gasteiger partial charge in [-0.1, -0.05) is 17.7 Å². The van der Waals surface area contributed by atoms with Crippen molar-refractivity contribution < 1.29 is 9.53 Å². The molecule has 9 heteroatoms. The summed E-state index contributed by atoms with van der Waals surface area (Å²) in [6, 6.07) is 11.5. The number of nitrogen functional groups attached to an aromatic ring is 1. The van der Waals surface area contributed by atoms with Crippen LogP contribution < -0.4 is 15.8 Å². The Hall–Kier alpha value is -4.17. The lowest BCUT2D eigenvalue weighted by atomic mass is 10.1. The number of hydrogen-bond acceptors (Lipinski definition) is 6. The Morgan fingerprint density at radius 2 is 1.97 bits per heavy atom. The number of fused-ring (bicyclic) bond motifs is 2. The lowest BCUT2D eigenvalue weighted by Gasteiger charge is -2.11. The molecular weight excluding hydrogens is 476 g/mol. The van der Waals surface area contributed by atoms with Crippen LogP contribution in [-0.2, 0) is 13.1 Å². The van der Waals surface area contributed by atoms with E-state index in [1.165, 1.54) is 0 Å². The third kappa shape index (κ3) is 4.55. The molecule has 36 heavy (non-hydrogen) atoms. The van der Waals surface area contributed by atoms with Crippen molar-refractivity contribution >= 4 is 45.1 Å². The number of pyridine rings is 3. The van der Waals surface area contributed by atoms with E-state index in [1.807, 2.05) is 48.9 Å². The zero-order valence-corrected chi connectivity index (χ0v) is 20.9. The van der Waals surface area contributed by atoms with Crippen molar-refractivity contribution in [2.75, 3.05) is 12.8 Å². The summed E-state index contributed by atoms with van der Waals surface area (Å²) in [4.78, 5) is 26.4. The number of aromatic nitrogens is 4. The zero-order valence-electron chi connectivity index (χ0n) is 20.2. The molecule has 0 saturated heterocycles. The average Bonchev–Trinajstić information content (AvgIpc) is 3.20. The van der Waals surface area contributed by atoms with Crippen LogP contribution in [0.15, 0.2) is 55.0 Å². The van der Waals surface area contributed by atoms with Gasteiger partial charge in [0.1, 0.15) is 5.82 Å². The maximum Gasteiger partial charge on any atom is 0.253 e. The molecule has 4 aromatic heterocycles. The van der Waals surface area contributed by atoms with E-state index in [0.29, 0.717) is 35.4 Å². The smallest absolute Gasteiger partial charge is 0.253 e. The molecule has 0 atom stereocenters. The number of anilines is 1. The number of ether oxygens (including phenoxy) is 1. The van der Waals surface area contributed by atoms with E-state index in [0.717, 1.165) is 44.2 Å². The second-order valence-corrected chi connectivity index (χ2v) is 9.14. The Bertz CT molecular complexity index is 1610. The van der Waals surface area contributed by atoms with Crippen molar-refractivity contribution in [3.8, 4) is 5.88 Å². The van der Waals surface area contributed by atoms with Crippen molar-refractivity contribution in [1.82, 2.24) is 24.8 Å². The third-order valence-corrected chi connectivity index (χ3v) is 6.47. The average molecular weight is 501 g/mol. The van der Waals surface area contributed by atoms with Gasteiger partial charge in [0.15, 0.2) is 0 Å². The topological polar surface area (TPSA) is 108 Å².